The van der Waals surface area contributed by atoms with Crippen LogP contribution in [0, 0.1) is 0 Å². The molecule has 1 N–H and O–H groups in total. The molecule has 3 heteroatoms. The number of carbonyl (C=O) groups is 1. The Balaban J connectivity index is 1.95. The summed E-state index contributed by atoms with van der Waals surface area (Å²) < 4.78 is 5.40. The van der Waals surface area contributed by atoms with Crippen molar-refractivity contribution in [1.82, 2.24) is 5.32 Å². The van der Waals surface area contributed by atoms with Gasteiger partial charge < -0.3 is 4.74 Å². The lowest BCUT2D eigenvalue weighted by atomic mass is 10.1. The third-order valence-corrected chi connectivity index (χ3v) is 3.04. The molecule has 18 heavy (non-hydrogen) atoms. The van der Waals surface area contributed by atoms with E-state index in [2.05, 4.69) is 17.4 Å². The fourth-order valence-electron chi connectivity index (χ4n) is 2.25. The highest BCUT2D eigenvalue weighted by molar-refractivity contribution is 5.76. The van der Waals surface area contributed by atoms with Crippen molar-refractivity contribution < 1.29 is 9.53 Å². The van der Waals surface area contributed by atoms with E-state index in [0.29, 0.717) is 0 Å². The first kappa shape index (κ1) is 13.1. The zero-order chi connectivity index (χ0) is 13.2. The summed E-state index contributed by atoms with van der Waals surface area (Å²) in [6.07, 6.45) is 1.82. The number of rotatable bonds is 2. The predicted octanol–water partition coefficient (Wildman–Crippen LogP) is 2.82. The molecule has 0 bridgehead atoms. The van der Waals surface area contributed by atoms with Crippen LogP contribution in [0.3, 0.4) is 0 Å². The number of hydrogen-bond acceptors (Lipinski definition) is 3. The van der Waals surface area contributed by atoms with Crippen molar-refractivity contribution in [3.8, 4) is 0 Å². The Morgan fingerprint density at radius 3 is 2.50 bits per heavy atom. The first-order chi connectivity index (χ1) is 8.46. The Labute approximate surface area is 109 Å². The molecule has 1 heterocycles. The first-order valence-electron chi connectivity index (χ1n) is 6.49. The van der Waals surface area contributed by atoms with Crippen molar-refractivity contribution in [3.05, 3.63) is 35.9 Å². The second kappa shape index (κ2) is 5.11. The van der Waals surface area contributed by atoms with E-state index >= 15 is 0 Å². The molecule has 2 atom stereocenters. The molecule has 1 aromatic carbocycles. The molecule has 0 amide bonds. The molecule has 2 unspecified atom stereocenters. The van der Waals surface area contributed by atoms with Crippen molar-refractivity contribution >= 4 is 5.97 Å². The molecular formula is C15H21NO2. The Bertz CT molecular complexity index is 408. The van der Waals surface area contributed by atoms with Crippen LogP contribution in [-0.2, 0) is 9.53 Å². The van der Waals surface area contributed by atoms with E-state index in [4.69, 9.17) is 4.74 Å². The molecule has 0 aromatic heterocycles. The molecule has 0 spiro atoms. The van der Waals surface area contributed by atoms with Crippen LogP contribution in [0.4, 0.5) is 0 Å². The van der Waals surface area contributed by atoms with E-state index in [-0.39, 0.29) is 18.1 Å². The highest BCUT2D eigenvalue weighted by Gasteiger charge is 2.32. The van der Waals surface area contributed by atoms with Gasteiger partial charge in [-0.1, -0.05) is 30.3 Å². The van der Waals surface area contributed by atoms with Gasteiger partial charge in [0.1, 0.15) is 11.6 Å². The zero-order valence-electron chi connectivity index (χ0n) is 11.3. The van der Waals surface area contributed by atoms with Crippen LogP contribution in [0.2, 0.25) is 0 Å². The average molecular weight is 247 g/mol. The third kappa shape index (κ3) is 3.33. The minimum Gasteiger partial charge on any atom is -0.459 e. The number of esters is 1. The molecule has 3 nitrogen and oxygen atoms in total. The fraction of sp³-hybridized carbons (Fsp3) is 0.533. The lowest BCUT2D eigenvalue weighted by Crippen LogP contribution is -2.38. The Morgan fingerprint density at radius 2 is 1.89 bits per heavy atom. The van der Waals surface area contributed by atoms with Crippen molar-refractivity contribution in [2.75, 3.05) is 0 Å². The topological polar surface area (TPSA) is 38.3 Å². The van der Waals surface area contributed by atoms with Gasteiger partial charge >= 0.3 is 5.97 Å². The second-order valence-corrected chi connectivity index (χ2v) is 5.79. The van der Waals surface area contributed by atoms with Crippen LogP contribution in [0.25, 0.3) is 0 Å². The maximum atomic E-state index is 12.0. The van der Waals surface area contributed by atoms with Crippen LogP contribution >= 0.6 is 0 Å². The van der Waals surface area contributed by atoms with E-state index in [9.17, 15) is 4.79 Å². The normalized spacial score (nSPS) is 23.9. The number of carbonyl (C=O) groups excluding carboxylic acids is 1. The summed E-state index contributed by atoms with van der Waals surface area (Å²) in [5.74, 6) is -0.138. The SMILES string of the molecule is CC(C)(C)OC(=O)C1CCC(c2ccccc2)N1. The largest absolute Gasteiger partial charge is 0.459 e. The average Bonchev–Trinajstić information content (AvgIpc) is 2.77. The summed E-state index contributed by atoms with van der Waals surface area (Å²) in [7, 11) is 0. The minimum absolute atomic E-state index is 0.138. The van der Waals surface area contributed by atoms with Gasteiger partial charge in [-0.15, -0.1) is 0 Å². The standard InChI is InChI=1S/C15H21NO2/c1-15(2,3)18-14(17)13-10-9-12(16-13)11-7-5-4-6-8-11/h4-8,12-13,16H,9-10H2,1-3H3. The molecule has 1 aromatic rings. The molecule has 1 saturated heterocycles. The van der Waals surface area contributed by atoms with Gasteiger partial charge in [0.2, 0.25) is 0 Å². The molecule has 0 radical (unpaired) electrons. The Kier molecular flexibility index (Phi) is 3.71. The molecular weight excluding hydrogens is 226 g/mol. The molecule has 1 fully saturated rings. The van der Waals surface area contributed by atoms with Crippen LogP contribution in [0.1, 0.15) is 45.2 Å². The van der Waals surface area contributed by atoms with E-state index in [0.717, 1.165) is 12.8 Å². The van der Waals surface area contributed by atoms with Gasteiger partial charge in [-0.2, -0.15) is 0 Å². The van der Waals surface area contributed by atoms with Crippen molar-refractivity contribution in [2.45, 2.75) is 51.3 Å². The third-order valence-electron chi connectivity index (χ3n) is 3.04. The lowest BCUT2D eigenvalue weighted by molar-refractivity contribution is -0.157. The number of ether oxygens (including phenoxy) is 1. The van der Waals surface area contributed by atoms with Gasteiger partial charge in [0, 0.05) is 6.04 Å². The summed E-state index contributed by atoms with van der Waals surface area (Å²) >= 11 is 0. The van der Waals surface area contributed by atoms with E-state index in [1.54, 1.807) is 0 Å². The number of hydrogen-bond donors (Lipinski definition) is 1. The van der Waals surface area contributed by atoms with Crippen molar-refractivity contribution in [3.63, 3.8) is 0 Å². The van der Waals surface area contributed by atoms with Gasteiger partial charge in [-0.05, 0) is 39.2 Å². The van der Waals surface area contributed by atoms with Crippen LogP contribution in [0.5, 0.6) is 0 Å². The Morgan fingerprint density at radius 1 is 1.22 bits per heavy atom. The first-order valence-corrected chi connectivity index (χ1v) is 6.49. The molecule has 0 aliphatic carbocycles. The minimum atomic E-state index is -0.413. The summed E-state index contributed by atoms with van der Waals surface area (Å²) in [5.41, 5.74) is 0.826. The number of benzene rings is 1. The lowest BCUT2D eigenvalue weighted by Gasteiger charge is -2.22. The van der Waals surface area contributed by atoms with Gasteiger partial charge in [-0.3, -0.25) is 10.1 Å². The molecule has 1 aliphatic heterocycles. The van der Waals surface area contributed by atoms with Gasteiger partial charge in [0.05, 0.1) is 0 Å². The molecule has 2 rings (SSSR count). The summed E-state index contributed by atoms with van der Waals surface area (Å²) in [6, 6.07) is 10.3. The van der Waals surface area contributed by atoms with Crippen LogP contribution in [0.15, 0.2) is 30.3 Å². The van der Waals surface area contributed by atoms with Gasteiger partial charge in [0.15, 0.2) is 0 Å². The van der Waals surface area contributed by atoms with Crippen LogP contribution < -0.4 is 5.32 Å². The quantitative estimate of drug-likeness (QED) is 0.817. The number of nitrogens with one attached hydrogen (secondary N) is 1. The maximum Gasteiger partial charge on any atom is 0.323 e. The summed E-state index contributed by atoms with van der Waals surface area (Å²) in [4.78, 5) is 12.0. The molecule has 0 saturated carbocycles. The predicted molar refractivity (Wildman–Crippen MR) is 71.2 cm³/mol. The summed E-state index contributed by atoms with van der Waals surface area (Å²) in [6.45, 7) is 5.69. The van der Waals surface area contributed by atoms with E-state index in [1.807, 2.05) is 39.0 Å². The monoisotopic (exact) mass is 247 g/mol. The summed E-state index contributed by atoms with van der Waals surface area (Å²) in [5, 5.41) is 3.36. The van der Waals surface area contributed by atoms with Crippen molar-refractivity contribution in [1.29, 1.82) is 0 Å². The highest BCUT2D eigenvalue weighted by Crippen LogP contribution is 2.27. The highest BCUT2D eigenvalue weighted by atomic mass is 16.6. The molecule has 1 aliphatic rings. The fourth-order valence-corrected chi connectivity index (χ4v) is 2.25. The second-order valence-electron chi connectivity index (χ2n) is 5.79. The van der Waals surface area contributed by atoms with Gasteiger partial charge in [0.25, 0.3) is 0 Å². The van der Waals surface area contributed by atoms with Crippen molar-refractivity contribution in [2.24, 2.45) is 0 Å². The molecule has 98 valence electrons. The van der Waals surface area contributed by atoms with Crippen LogP contribution in [-0.4, -0.2) is 17.6 Å². The maximum absolute atomic E-state index is 12.0. The smallest absolute Gasteiger partial charge is 0.323 e. The van der Waals surface area contributed by atoms with E-state index in [1.165, 1.54) is 5.56 Å². The Hall–Kier alpha value is -1.35. The van der Waals surface area contributed by atoms with E-state index < -0.39 is 5.60 Å². The van der Waals surface area contributed by atoms with Gasteiger partial charge in [-0.25, -0.2) is 0 Å². The zero-order valence-corrected chi connectivity index (χ0v) is 11.3.